The van der Waals surface area contributed by atoms with Crippen LogP contribution in [0.5, 0.6) is 0 Å². The third kappa shape index (κ3) is 8.52. The van der Waals surface area contributed by atoms with Crippen molar-refractivity contribution in [2.75, 3.05) is 20.6 Å². The first-order valence-electron chi connectivity index (χ1n) is 16.1. The van der Waals surface area contributed by atoms with Gasteiger partial charge in [0.05, 0.1) is 0 Å². The van der Waals surface area contributed by atoms with E-state index in [1.807, 2.05) is 66.5 Å². The van der Waals surface area contributed by atoms with E-state index in [1.165, 1.54) is 17.0 Å². The molecule has 5 aromatic rings. The van der Waals surface area contributed by atoms with Crippen molar-refractivity contribution in [3.8, 4) is 0 Å². The summed E-state index contributed by atoms with van der Waals surface area (Å²) in [6.07, 6.45) is 4.65. The third-order valence-corrected chi connectivity index (χ3v) is 8.84. The van der Waals surface area contributed by atoms with Gasteiger partial charge in [0, 0.05) is 58.1 Å². The number of fused-ring (bicyclic) bond motifs is 1. The summed E-state index contributed by atoms with van der Waals surface area (Å²) in [6, 6.07) is 30.4. The number of hydrogen-bond acceptors (Lipinski definition) is 5. The molecule has 8 heteroatoms. The van der Waals surface area contributed by atoms with Gasteiger partial charge in [-0.2, -0.15) is 0 Å². The number of amides is 2. The number of nitrogens with one attached hydrogen (secondary N) is 1. The summed E-state index contributed by atoms with van der Waals surface area (Å²) >= 11 is 0. The summed E-state index contributed by atoms with van der Waals surface area (Å²) in [5.74, 6) is -0.889. The number of likely N-dealkylation sites (N-methyl/N-ethyl adjacent to an activating group) is 2. The molecule has 0 saturated carbocycles. The van der Waals surface area contributed by atoms with Crippen LogP contribution in [0, 0.1) is 5.82 Å². The number of carbonyl (C=O) groups is 2. The molecule has 0 aliphatic rings. The van der Waals surface area contributed by atoms with Crippen molar-refractivity contribution in [2.24, 2.45) is 5.73 Å². The number of rotatable bonds is 14. The molecule has 4 aromatic carbocycles. The zero-order valence-corrected chi connectivity index (χ0v) is 27.5. The highest BCUT2D eigenvalue weighted by atomic mass is 19.1. The number of aromatic nitrogens is 1. The topological polar surface area (TPSA) is 91.6 Å². The normalized spacial score (nSPS) is 12.2. The van der Waals surface area contributed by atoms with Crippen molar-refractivity contribution in [1.82, 2.24) is 20.1 Å². The molecule has 246 valence electrons. The molecular formula is C40H42FN5O2. The Hall–Kier alpha value is -5.34. The Morgan fingerprint density at radius 3 is 2.19 bits per heavy atom. The van der Waals surface area contributed by atoms with Crippen LogP contribution in [0.4, 0.5) is 4.39 Å². The highest BCUT2D eigenvalue weighted by molar-refractivity contribution is 5.91. The fourth-order valence-electron chi connectivity index (χ4n) is 5.88. The molecule has 0 fully saturated rings. The maximum absolute atomic E-state index is 14.7. The van der Waals surface area contributed by atoms with Crippen LogP contribution in [-0.4, -0.2) is 59.3 Å². The van der Waals surface area contributed by atoms with Crippen LogP contribution in [0.1, 0.15) is 27.8 Å². The first kappa shape index (κ1) is 34.0. The number of benzene rings is 4. The smallest absolute Gasteiger partial charge is 0.246 e. The second-order valence-corrected chi connectivity index (χ2v) is 12.1. The number of carbonyl (C=O) groups excluding carboxylic acids is 2. The zero-order chi connectivity index (χ0) is 34.0. The molecule has 0 aliphatic heterocycles. The Balaban J connectivity index is 1.45. The average Bonchev–Trinajstić information content (AvgIpc) is 3.12. The molecule has 48 heavy (non-hydrogen) atoms. The third-order valence-electron chi connectivity index (χ3n) is 8.84. The van der Waals surface area contributed by atoms with Crippen molar-refractivity contribution in [1.29, 1.82) is 0 Å². The minimum atomic E-state index is -0.846. The Morgan fingerprint density at radius 2 is 1.46 bits per heavy atom. The summed E-state index contributed by atoms with van der Waals surface area (Å²) in [4.78, 5) is 36.0. The SMILES string of the molecule is C=C(c1cccc(CN)c1)N(C)[C@H](Cc1ccc2ccccc2c1)C(=O)N(C)[C@H](Cc1ccc(F)cc1)C(=O)NCCc1ccncc1. The number of pyridine rings is 1. The van der Waals surface area contributed by atoms with E-state index in [0.717, 1.165) is 38.6 Å². The van der Waals surface area contributed by atoms with E-state index < -0.39 is 12.1 Å². The Morgan fingerprint density at radius 1 is 0.771 bits per heavy atom. The molecular weight excluding hydrogens is 601 g/mol. The van der Waals surface area contributed by atoms with E-state index in [-0.39, 0.29) is 24.1 Å². The van der Waals surface area contributed by atoms with Crippen LogP contribution in [-0.2, 0) is 35.4 Å². The Kier molecular flexibility index (Phi) is 11.3. The van der Waals surface area contributed by atoms with Crippen molar-refractivity contribution < 1.29 is 14.0 Å². The van der Waals surface area contributed by atoms with Crippen LogP contribution in [0.3, 0.4) is 0 Å². The highest BCUT2D eigenvalue weighted by Gasteiger charge is 2.34. The van der Waals surface area contributed by atoms with Crippen molar-refractivity contribution in [3.63, 3.8) is 0 Å². The molecule has 0 bridgehead atoms. The molecule has 0 aliphatic carbocycles. The van der Waals surface area contributed by atoms with E-state index in [9.17, 15) is 14.0 Å². The Labute approximate surface area is 281 Å². The molecule has 0 spiro atoms. The van der Waals surface area contributed by atoms with Gasteiger partial charge >= 0.3 is 0 Å². The first-order valence-corrected chi connectivity index (χ1v) is 16.1. The molecule has 7 nitrogen and oxygen atoms in total. The number of nitrogens with two attached hydrogens (primary N) is 1. The first-order chi connectivity index (χ1) is 23.2. The molecule has 0 saturated heterocycles. The molecule has 2 amide bonds. The van der Waals surface area contributed by atoms with Crippen molar-refractivity contribution >= 4 is 28.3 Å². The molecule has 5 rings (SSSR count). The van der Waals surface area contributed by atoms with Crippen LogP contribution >= 0.6 is 0 Å². The number of nitrogens with zero attached hydrogens (tertiary/aromatic N) is 3. The van der Waals surface area contributed by atoms with Crippen LogP contribution < -0.4 is 11.1 Å². The minimum Gasteiger partial charge on any atom is -0.362 e. The maximum Gasteiger partial charge on any atom is 0.246 e. The predicted molar refractivity (Wildman–Crippen MR) is 190 cm³/mol. The lowest BCUT2D eigenvalue weighted by molar-refractivity contribution is -0.142. The van der Waals surface area contributed by atoms with Gasteiger partial charge in [-0.15, -0.1) is 0 Å². The van der Waals surface area contributed by atoms with Gasteiger partial charge in [-0.1, -0.05) is 79.4 Å². The van der Waals surface area contributed by atoms with Crippen molar-refractivity contribution in [3.05, 3.63) is 156 Å². The molecule has 0 radical (unpaired) electrons. The lowest BCUT2D eigenvalue weighted by Gasteiger charge is -2.36. The van der Waals surface area contributed by atoms with Crippen LogP contribution in [0.15, 0.2) is 122 Å². The van der Waals surface area contributed by atoms with Gasteiger partial charge < -0.3 is 20.9 Å². The van der Waals surface area contributed by atoms with Crippen LogP contribution in [0.25, 0.3) is 16.5 Å². The van der Waals surface area contributed by atoms with Crippen molar-refractivity contribution in [2.45, 2.75) is 37.9 Å². The van der Waals surface area contributed by atoms with Gasteiger partial charge in [-0.25, -0.2) is 4.39 Å². The molecule has 3 N–H and O–H groups in total. The molecule has 1 heterocycles. The van der Waals surface area contributed by atoms with Gasteiger partial charge in [0.15, 0.2) is 0 Å². The zero-order valence-electron chi connectivity index (χ0n) is 27.5. The largest absolute Gasteiger partial charge is 0.362 e. The Bertz CT molecular complexity index is 1860. The van der Waals surface area contributed by atoms with Crippen LogP contribution in [0.2, 0.25) is 0 Å². The molecule has 0 unspecified atom stereocenters. The summed E-state index contributed by atoms with van der Waals surface area (Å²) in [5.41, 5.74) is 11.2. The van der Waals surface area contributed by atoms with E-state index >= 15 is 0 Å². The molecule has 1 aromatic heterocycles. The molecule has 2 atom stereocenters. The monoisotopic (exact) mass is 643 g/mol. The van der Waals surface area contributed by atoms with E-state index in [2.05, 4.69) is 41.1 Å². The van der Waals surface area contributed by atoms with Gasteiger partial charge in [-0.3, -0.25) is 14.6 Å². The summed E-state index contributed by atoms with van der Waals surface area (Å²) < 4.78 is 13.8. The van der Waals surface area contributed by atoms with Gasteiger partial charge in [0.2, 0.25) is 11.8 Å². The fourth-order valence-corrected chi connectivity index (χ4v) is 5.88. The summed E-state index contributed by atoms with van der Waals surface area (Å²) in [6.45, 7) is 5.15. The van der Waals surface area contributed by atoms with Gasteiger partial charge in [-0.05, 0) is 75.3 Å². The minimum absolute atomic E-state index is 0.218. The number of hydrogen-bond donors (Lipinski definition) is 2. The average molecular weight is 644 g/mol. The summed E-state index contributed by atoms with van der Waals surface area (Å²) in [5, 5.41) is 5.22. The second-order valence-electron chi connectivity index (χ2n) is 12.1. The highest BCUT2D eigenvalue weighted by Crippen LogP contribution is 2.25. The maximum atomic E-state index is 14.7. The lowest BCUT2D eigenvalue weighted by atomic mass is 9.97. The number of halogens is 1. The van der Waals surface area contributed by atoms with Gasteiger partial charge in [0.1, 0.15) is 17.9 Å². The lowest BCUT2D eigenvalue weighted by Crippen LogP contribution is -2.55. The van der Waals surface area contributed by atoms with E-state index in [4.69, 9.17) is 5.73 Å². The van der Waals surface area contributed by atoms with E-state index in [0.29, 0.717) is 31.6 Å². The predicted octanol–water partition coefficient (Wildman–Crippen LogP) is 5.78. The quantitative estimate of drug-likeness (QED) is 0.160. The van der Waals surface area contributed by atoms with E-state index in [1.54, 1.807) is 31.6 Å². The second kappa shape index (κ2) is 16.0. The van der Waals surface area contributed by atoms with Gasteiger partial charge in [0.25, 0.3) is 0 Å². The standard InChI is InChI=1S/C40H42FN5O2/c1-28(34-10-6-7-32(24-34)27-42)45(2)38(26-31-11-14-33-8-4-5-9-35(33)23-31)40(48)46(3)37(25-30-12-15-36(41)16-13-30)39(47)44-22-19-29-17-20-43-21-18-29/h4-18,20-21,23-24,37-38H,1,19,22,25-27,42H2,2-3H3,(H,44,47)/t37-,38-/m1/s1. The summed E-state index contributed by atoms with van der Waals surface area (Å²) in [7, 11) is 3.52. The fraction of sp³-hybridized carbons (Fsp3) is 0.225.